The fourth-order valence-electron chi connectivity index (χ4n) is 1.23. The Morgan fingerprint density at radius 2 is 2.33 bits per heavy atom. The Kier molecular flexibility index (Phi) is 4.37. The van der Waals surface area contributed by atoms with Gasteiger partial charge >= 0.3 is 5.97 Å². The van der Waals surface area contributed by atoms with E-state index in [-0.39, 0.29) is 5.76 Å². The van der Waals surface area contributed by atoms with Gasteiger partial charge in [-0.2, -0.15) is 0 Å². The molecule has 1 rings (SSSR count). The molecular weight excluding hydrogens is 194 g/mol. The summed E-state index contributed by atoms with van der Waals surface area (Å²) in [4.78, 5) is 11.1. The van der Waals surface area contributed by atoms with Gasteiger partial charge in [0.05, 0.1) is 7.11 Å². The molecule has 0 radical (unpaired) electrons. The van der Waals surface area contributed by atoms with Gasteiger partial charge in [-0.3, -0.25) is 0 Å². The van der Waals surface area contributed by atoms with Gasteiger partial charge in [-0.15, -0.1) is 0 Å². The second kappa shape index (κ2) is 5.56. The van der Waals surface area contributed by atoms with E-state index in [1.54, 1.807) is 6.07 Å². The van der Waals surface area contributed by atoms with Gasteiger partial charge in [0.15, 0.2) is 0 Å². The number of aryl methyl sites for hydroxylation is 1. The molecule has 15 heavy (non-hydrogen) atoms. The molecule has 0 amide bonds. The molecule has 0 saturated carbocycles. The second-order valence-corrected chi connectivity index (χ2v) is 3.49. The zero-order chi connectivity index (χ0) is 11.3. The third-order valence-electron chi connectivity index (χ3n) is 2.36. The van der Waals surface area contributed by atoms with Gasteiger partial charge in [0.1, 0.15) is 5.76 Å². The van der Waals surface area contributed by atoms with E-state index in [4.69, 9.17) is 4.42 Å². The third-order valence-corrected chi connectivity index (χ3v) is 2.36. The van der Waals surface area contributed by atoms with Crippen LogP contribution in [-0.2, 0) is 11.2 Å². The van der Waals surface area contributed by atoms with Crippen LogP contribution >= 0.6 is 0 Å². The molecule has 0 aromatic carbocycles. The van der Waals surface area contributed by atoms with Crippen LogP contribution in [-0.4, -0.2) is 26.2 Å². The molecule has 0 aliphatic heterocycles. The highest BCUT2D eigenvalue weighted by Crippen LogP contribution is 2.11. The highest BCUT2D eigenvalue weighted by atomic mass is 16.5. The minimum atomic E-state index is -0.428. The van der Waals surface area contributed by atoms with Crippen LogP contribution in [0.1, 0.15) is 29.7 Å². The standard InChI is InChI=1S/C11H17NO3/c1-8(12-2)4-5-9-6-7-10(15-9)11(13)14-3/h6-8,12H,4-5H2,1-3H3. The maximum absolute atomic E-state index is 11.1. The molecular formula is C11H17NO3. The Labute approximate surface area is 89.6 Å². The Balaban J connectivity index is 2.49. The highest BCUT2D eigenvalue weighted by molar-refractivity contribution is 5.86. The van der Waals surface area contributed by atoms with Gasteiger partial charge in [-0.1, -0.05) is 0 Å². The summed E-state index contributed by atoms with van der Waals surface area (Å²) < 4.78 is 9.88. The number of methoxy groups -OCH3 is 1. The van der Waals surface area contributed by atoms with E-state index in [0.29, 0.717) is 6.04 Å². The van der Waals surface area contributed by atoms with Crippen molar-refractivity contribution >= 4 is 5.97 Å². The Hall–Kier alpha value is -1.29. The van der Waals surface area contributed by atoms with Crippen LogP contribution < -0.4 is 5.32 Å². The first-order chi connectivity index (χ1) is 7.17. The third kappa shape index (κ3) is 3.40. The molecule has 4 nitrogen and oxygen atoms in total. The van der Waals surface area contributed by atoms with Crippen LogP contribution in [0.5, 0.6) is 0 Å². The molecule has 1 aromatic heterocycles. The van der Waals surface area contributed by atoms with E-state index in [2.05, 4.69) is 17.0 Å². The van der Waals surface area contributed by atoms with Gasteiger partial charge < -0.3 is 14.5 Å². The van der Waals surface area contributed by atoms with Crippen molar-refractivity contribution in [2.24, 2.45) is 0 Å². The first kappa shape index (κ1) is 11.8. The van der Waals surface area contributed by atoms with Crippen LogP contribution in [0.3, 0.4) is 0 Å². The molecule has 1 aromatic rings. The first-order valence-corrected chi connectivity index (χ1v) is 5.01. The minimum absolute atomic E-state index is 0.268. The van der Waals surface area contributed by atoms with Gasteiger partial charge in [0.25, 0.3) is 0 Å². The molecule has 1 unspecified atom stereocenters. The Morgan fingerprint density at radius 3 is 2.93 bits per heavy atom. The minimum Gasteiger partial charge on any atom is -0.463 e. The average Bonchev–Trinajstić information content (AvgIpc) is 2.73. The van der Waals surface area contributed by atoms with Crippen LogP contribution in [0.4, 0.5) is 0 Å². The summed E-state index contributed by atoms with van der Waals surface area (Å²) in [6.07, 6.45) is 1.80. The molecule has 0 aliphatic carbocycles. The van der Waals surface area contributed by atoms with E-state index in [1.807, 2.05) is 13.1 Å². The number of furan rings is 1. The number of ether oxygens (including phenoxy) is 1. The lowest BCUT2D eigenvalue weighted by Gasteiger charge is -2.07. The Morgan fingerprint density at radius 1 is 1.60 bits per heavy atom. The highest BCUT2D eigenvalue weighted by Gasteiger charge is 2.11. The number of carbonyl (C=O) groups is 1. The van der Waals surface area contributed by atoms with Crippen LogP contribution in [0.15, 0.2) is 16.5 Å². The van der Waals surface area contributed by atoms with E-state index in [9.17, 15) is 4.79 Å². The summed E-state index contributed by atoms with van der Waals surface area (Å²) in [6.45, 7) is 2.10. The normalized spacial score (nSPS) is 12.5. The SMILES string of the molecule is CNC(C)CCc1ccc(C(=O)OC)o1. The maximum Gasteiger partial charge on any atom is 0.373 e. The summed E-state index contributed by atoms with van der Waals surface area (Å²) in [5.74, 6) is 0.657. The molecule has 84 valence electrons. The average molecular weight is 211 g/mol. The number of carbonyl (C=O) groups excluding carboxylic acids is 1. The van der Waals surface area contributed by atoms with Crippen molar-refractivity contribution in [2.45, 2.75) is 25.8 Å². The topological polar surface area (TPSA) is 51.5 Å². The Bertz CT molecular complexity index is 319. The van der Waals surface area contributed by atoms with Crippen LogP contribution in [0.2, 0.25) is 0 Å². The van der Waals surface area contributed by atoms with E-state index >= 15 is 0 Å². The zero-order valence-electron chi connectivity index (χ0n) is 9.37. The predicted molar refractivity (Wildman–Crippen MR) is 56.9 cm³/mol. The molecule has 4 heteroatoms. The lowest BCUT2D eigenvalue weighted by Crippen LogP contribution is -2.21. The van der Waals surface area contributed by atoms with Crippen molar-refractivity contribution in [3.8, 4) is 0 Å². The quantitative estimate of drug-likeness (QED) is 0.752. The van der Waals surface area contributed by atoms with E-state index < -0.39 is 5.97 Å². The zero-order valence-corrected chi connectivity index (χ0v) is 9.37. The molecule has 0 spiro atoms. The molecule has 0 fully saturated rings. The summed E-state index contributed by atoms with van der Waals surface area (Å²) in [6, 6.07) is 3.90. The largest absolute Gasteiger partial charge is 0.463 e. The smallest absolute Gasteiger partial charge is 0.373 e. The number of esters is 1. The predicted octanol–water partition coefficient (Wildman–Crippen LogP) is 1.61. The summed E-state index contributed by atoms with van der Waals surface area (Å²) in [5.41, 5.74) is 0. The van der Waals surface area contributed by atoms with Gasteiger partial charge in [0.2, 0.25) is 5.76 Å². The lowest BCUT2D eigenvalue weighted by molar-refractivity contribution is 0.0563. The van der Waals surface area contributed by atoms with Gasteiger partial charge in [0, 0.05) is 12.5 Å². The van der Waals surface area contributed by atoms with Crippen molar-refractivity contribution < 1.29 is 13.9 Å². The molecule has 0 saturated heterocycles. The van der Waals surface area contributed by atoms with Crippen LogP contribution in [0, 0.1) is 0 Å². The number of rotatable bonds is 5. The first-order valence-electron chi connectivity index (χ1n) is 5.01. The van der Waals surface area contributed by atoms with Crippen LogP contribution in [0.25, 0.3) is 0 Å². The summed E-state index contributed by atoms with van der Waals surface area (Å²) in [5, 5.41) is 3.14. The van der Waals surface area contributed by atoms with Crippen molar-refractivity contribution in [3.05, 3.63) is 23.7 Å². The molecule has 1 heterocycles. The molecule has 0 aliphatic rings. The van der Waals surface area contributed by atoms with Crippen molar-refractivity contribution in [2.75, 3.05) is 14.2 Å². The number of nitrogens with one attached hydrogen (secondary N) is 1. The summed E-state index contributed by atoms with van der Waals surface area (Å²) in [7, 11) is 3.26. The van der Waals surface area contributed by atoms with Crippen molar-refractivity contribution in [3.63, 3.8) is 0 Å². The molecule has 1 atom stereocenters. The second-order valence-electron chi connectivity index (χ2n) is 3.49. The number of hydrogen-bond donors (Lipinski definition) is 1. The van der Waals surface area contributed by atoms with Gasteiger partial charge in [-0.05, 0) is 32.5 Å². The lowest BCUT2D eigenvalue weighted by atomic mass is 10.1. The van der Waals surface area contributed by atoms with Gasteiger partial charge in [-0.25, -0.2) is 4.79 Å². The fraction of sp³-hybridized carbons (Fsp3) is 0.545. The molecule has 1 N–H and O–H groups in total. The fourth-order valence-corrected chi connectivity index (χ4v) is 1.23. The van der Waals surface area contributed by atoms with Crippen molar-refractivity contribution in [1.29, 1.82) is 0 Å². The summed E-state index contributed by atoms with van der Waals surface area (Å²) >= 11 is 0. The maximum atomic E-state index is 11.1. The monoisotopic (exact) mass is 211 g/mol. The molecule has 0 bridgehead atoms. The van der Waals surface area contributed by atoms with E-state index in [0.717, 1.165) is 18.6 Å². The van der Waals surface area contributed by atoms with E-state index in [1.165, 1.54) is 7.11 Å². The van der Waals surface area contributed by atoms with Crippen molar-refractivity contribution in [1.82, 2.24) is 5.32 Å². The number of hydrogen-bond acceptors (Lipinski definition) is 4.